The Hall–Kier alpha value is -0.770. The van der Waals surface area contributed by atoms with Crippen molar-refractivity contribution >= 4 is 11.6 Å². The fourth-order valence-corrected chi connectivity index (χ4v) is 2.90. The third kappa shape index (κ3) is 4.65. The van der Waals surface area contributed by atoms with Crippen LogP contribution >= 0.6 is 11.6 Å². The smallest absolute Gasteiger partial charge is 0.119 e. The number of ether oxygens (including phenoxy) is 1. The highest BCUT2D eigenvalue weighted by molar-refractivity contribution is 6.30. The van der Waals surface area contributed by atoms with E-state index in [0.29, 0.717) is 12.0 Å². The molecular formula is C16H25ClN2O. The van der Waals surface area contributed by atoms with Gasteiger partial charge in [0.2, 0.25) is 0 Å². The molecule has 3 nitrogen and oxygen atoms in total. The van der Waals surface area contributed by atoms with Crippen molar-refractivity contribution in [2.75, 3.05) is 26.2 Å². The van der Waals surface area contributed by atoms with Crippen molar-refractivity contribution in [2.45, 2.75) is 32.2 Å². The lowest BCUT2D eigenvalue weighted by atomic mass is 9.91. The molecule has 1 aromatic carbocycles. The standard InChI is InChI=1S/C16H25ClN2O/c1-2-13-12-19(10-8-16(13)18)9-3-11-20-15-6-4-14(17)5-7-15/h4-7,13,16H,2-3,8-12,18H2,1H3. The predicted molar refractivity (Wildman–Crippen MR) is 84.4 cm³/mol. The van der Waals surface area contributed by atoms with E-state index in [0.717, 1.165) is 49.9 Å². The van der Waals surface area contributed by atoms with Gasteiger partial charge in [-0.05, 0) is 49.6 Å². The minimum atomic E-state index is 0.390. The molecule has 4 heteroatoms. The SMILES string of the molecule is CCC1CN(CCCOc2ccc(Cl)cc2)CCC1N. The number of nitrogens with two attached hydrogens (primary N) is 1. The fraction of sp³-hybridized carbons (Fsp3) is 0.625. The first-order valence-electron chi connectivity index (χ1n) is 7.55. The first-order valence-corrected chi connectivity index (χ1v) is 7.93. The predicted octanol–water partition coefficient (Wildman–Crippen LogP) is 3.17. The van der Waals surface area contributed by atoms with Crippen LogP contribution in [-0.4, -0.2) is 37.2 Å². The van der Waals surface area contributed by atoms with Crippen molar-refractivity contribution in [2.24, 2.45) is 11.7 Å². The molecule has 1 saturated heterocycles. The molecule has 0 aromatic heterocycles. The van der Waals surface area contributed by atoms with Crippen LogP contribution in [0.1, 0.15) is 26.2 Å². The lowest BCUT2D eigenvalue weighted by molar-refractivity contribution is 0.143. The largest absolute Gasteiger partial charge is 0.494 e. The van der Waals surface area contributed by atoms with E-state index >= 15 is 0 Å². The number of nitrogens with zero attached hydrogens (tertiary/aromatic N) is 1. The van der Waals surface area contributed by atoms with Crippen LogP contribution in [0.3, 0.4) is 0 Å². The van der Waals surface area contributed by atoms with Crippen LogP contribution in [0.25, 0.3) is 0 Å². The molecule has 1 aliphatic heterocycles. The Labute approximate surface area is 127 Å². The molecule has 2 atom stereocenters. The molecule has 1 aliphatic rings. The summed E-state index contributed by atoms with van der Waals surface area (Å²) in [6.45, 7) is 6.34. The molecule has 112 valence electrons. The normalized spacial score (nSPS) is 23.8. The third-order valence-electron chi connectivity index (χ3n) is 4.10. The van der Waals surface area contributed by atoms with Gasteiger partial charge in [0.15, 0.2) is 0 Å². The van der Waals surface area contributed by atoms with Crippen molar-refractivity contribution in [3.8, 4) is 5.75 Å². The van der Waals surface area contributed by atoms with Crippen LogP contribution in [0.2, 0.25) is 5.02 Å². The molecule has 2 unspecified atom stereocenters. The van der Waals surface area contributed by atoms with Crippen LogP contribution in [0.4, 0.5) is 0 Å². The Morgan fingerprint density at radius 2 is 2.10 bits per heavy atom. The van der Waals surface area contributed by atoms with Crippen LogP contribution in [0.15, 0.2) is 24.3 Å². The van der Waals surface area contributed by atoms with E-state index in [9.17, 15) is 0 Å². The molecule has 0 spiro atoms. The van der Waals surface area contributed by atoms with Crippen molar-refractivity contribution < 1.29 is 4.74 Å². The van der Waals surface area contributed by atoms with Gasteiger partial charge in [-0.3, -0.25) is 0 Å². The summed E-state index contributed by atoms with van der Waals surface area (Å²) in [4.78, 5) is 2.52. The van der Waals surface area contributed by atoms with Gasteiger partial charge >= 0.3 is 0 Å². The van der Waals surface area contributed by atoms with Crippen molar-refractivity contribution in [1.82, 2.24) is 4.90 Å². The van der Waals surface area contributed by atoms with E-state index in [-0.39, 0.29) is 0 Å². The molecule has 1 aromatic rings. The number of hydrogen-bond acceptors (Lipinski definition) is 3. The Balaban J connectivity index is 1.65. The lowest BCUT2D eigenvalue weighted by Gasteiger charge is -2.36. The van der Waals surface area contributed by atoms with E-state index in [2.05, 4.69) is 11.8 Å². The summed E-state index contributed by atoms with van der Waals surface area (Å²) in [7, 11) is 0. The Morgan fingerprint density at radius 3 is 2.80 bits per heavy atom. The van der Waals surface area contributed by atoms with E-state index < -0.39 is 0 Å². The molecule has 2 N–H and O–H groups in total. The van der Waals surface area contributed by atoms with E-state index in [1.165, 1.54) is 6.42 Å². The topological polar surface area (TPSA) is 38.5 Å². The second-order valence-corrected chi connectivity index (χ2v) is 6.01. The quantitative estimate of drug-likeness (QED) is 0.820. The second kappa shape index (κ2) is 7.87. The summed E-state index contributed by atoms with van der Waals surface area (Å²) in [6.07, 6.45) is 3.35. The van der Waals surface area contributed by atoms with Crippen LogP contribution in [0, 0.1) is 5.92 Å². The maximum Gasteiger partial charge on any atom is 0.119 e. The molecule has 2 rings (SSSR count). The highest BCUT2D eigenvalue weighted by Crippen LogP contribution is 2.19. The Morgan fingerprint density at radius 1 is 1.35 bits per heavy atom. The van der Waals surface area contributed by atoms with E-state index in [1.54, 1.807) is 0 Å². The number of piperidine rings is 1. The van der Waals surface area contributed by atoms with Gasteiger partial charge in [-0.15, -0.1) is 0 Å². The zero-order valence-corrected chi connectivity index (χ0v) is 13.0. The highest BCUT2D eigenvalue weighted by Gasteiger charge is 2.24. The first kappa shape index (κ1) is 15.6. The molecule has 0 bridgehead atoms. The van der Waals surface area contributed by atoms with Crippen LogP contribution < -0.4 is 10.5 Å². The zero-order valence-electron chi connectivity index (χ0n) is 12.2. The van der Waals surface area contributed by atoms with Gasteiger partial charge in [0.1, 0.15) is 5.75 Å². The second-order valence-electron chi connectivity index (χ2n) is 5.58. The lowest BCUT2D eigenvalue weighted by Crippen LogP contribution is -2.47. The third-order valence-corrected chi connectivity index (χ3v) is 4.35. The molecule has 1 heterocycles. The highest BCUT2D eigenvalue weighted by atomic mass is 35.5. The summed E-state index contributed by atoms with van der Waals surface area (Å²) >= 11 is 5.84. The summed E-state index contributed by atoms with van der Waals surface area (Å²) in [5, 5.41) is 0.743. The molecule has 0 saturated carbocycles. The van der Waals surface area contributed by atoms with Crippen LogP contribution in [-0.2, 0) is 0 Å². The van der Waals surface area contributed by atoms with Crippen LogP contribution in [0.5, 0.6) is 5.75 Å². The summed E-state index contributed by atoms with van der Waals surface area (Å²) < 4.78 is 5.72. The molecule has 1 fully saturated rings. The Kier molecular flexibility index (Phi) is 6.14. The number of benzene rings is 1. The first-order chi connectivity index (χ1) is 9.69. The average molecular weight is 297 g/mol. The summed E-state index contributed by atoms with van der Waals surface area (Å²) in [5.41, 5.74) is 6.13. The number of halogens is 1. The molecule has 0 amide bonds. The monoisotopic (exact) mass is 296 g/mol. The van der Waals surface area contributed by atoms with E-state index in [4.69, 9.17) is 22.1 Å². The molecule has 0 aliphatic carbocycles. The summed E-state index contributed by atoms with van der Waals surface area (Å²) in [5.74, 6) is 1.54. The fourth-order valence-electron chi connectivity index (χ4n) is 2.77. The maximum absolute atomic E-state index is 6.13. The minimum Gasteiger partial charge on any atom is -0.494 e. The van der Waals surface area contributed by atoms with Gasteiger partial charge in [-0.1, -0.05) is 24.9 Å². The Bertz CT molecular complexity index is 396. The summed E-state index contributed by atoms with van der Waals surface area (Å²) in [6, 6.07) is 7.93. The van der Waals surface area contributed by atoms with Crippen molar-refractivity contribution in [1.29, 1.82) is 0 Å². The molecular weight excluding hydrogens is 272 g/mol. The van der Waals surface area contributed by atoms with Crippen molar-refractivity contribution in [3.63, 3.8) is 0 Å². The van der Waals surface area contributed by atoms with Gasteiger partial charge in [0.05, 0.1) is 6.61 Å². The number of hydrogen-bond donors (Lipinski definition) is 1. The van der Waals surface area contributed by atoms with E-state index in [1.807, 2.05) is 24.3 Å². The van der Waals surface area contributed by atoms with Gasteiger partial charge in [-0.25, -0.2) is 0 Å². The minimum absolute atomic E-state index is 0.390. The maximum atomic E-state index is 6.13. The van der Waals surface area contributed by atoms with Crippen molar-refractivity contribution in [3.05, 3.63) is 29.3 Å². The van der Waals surface area contributed by atoms with Gasteiger partial charge < -0.3 is 15.4 Å². The zero-order chi connectivity index (χ0) is 14.4. The number of likely N-dealkylation sites (tertiary alicyclic amines) is 1. The average Bonchev–Trinajstić information content (AvgIpc) is 2.47. The molecule has 0 radical (unpaired) electrons. The van der Waals surface area contributed by atoms with Gasteiger partial charge in [-0.2, -0.15) is 0 Å². The molecule has 20 heavy (non-hydrogen) atoms. The number of rotatable bonds is 6. The van der Waals surface area contributed by atoms with Gasteiger partial charge in [0, 0.05) is 24.2 Å². The van der Waals surface area contributed by atoms with Gasteiger partial charge in [0.25, 0.3) is 0 Å².